The molecule has 0 unspecified atom stereocenters. The molecule has 0 fully saturated rings. The van der Waals surface area contributed by atoms with Crippen molar-refractivity contribution in [3.8, 4) is 0 Å². The first-order valence-corrected chi connectivity index (χ1v) is 11.0. The normalized spacial score (nSPS) is 21.5. The van der Waals surface area contributed by atoms with E-state index in [1.807, 2.05) is 0 Å². The third-order valence-corrected chi connectivity index (χ3v) is 10.4. The number of Topliss-reactive ketones (excluding diaryl/α,β-unsaturated/α-hetero) is 1. The van der Waals surface area contributed by atoms with Crippen LogP contribution in [0, 0.1) is 5.92 Å². The Morgan fingerprint density at radius 1 is 1.32 bits per heavy atom. The van der Waals surface area contributed by atoms with Crippen LogP contribution in [-0.4, -0.2) is 19.7 Å². The number of carbonyl (C=O) groups excluding carboxylic acids is 1. The molecule has 1 aliphatic carbocycles. The average Bonchev–Trinajstić information content (AvgIpc) is 2.39. The predicted molar refractivity (Wildman–Crippen MR) is 92.2 cm³/mol. The number of hydrogen-bond donors (Lipinski definition) is 0. The quantitative estimate of drug-likeness (QED) is 0.464. The van der Waals surface area contributed by atoms with Gasteiger partial charge in [-0.05, 0) is 61.0 Å². The zero-order chi connectivity index (χ0) is 14.7. The average molecular weight is 394 g/mol. The van der Waals surface area contributed by atoms with E-state index in [0.29, 0.717) is 12.3 Å². The summed E-state index contributed by atoms with van der Waals surface area (Å²) in [7, 11) is -1.59. The predicted octanol–water partition coefficient (Wildman–Crippen LogP) is 5.08. The van der Waals surface area contributed by atoms with Crippen molar-refractivity contribution in [2.24, 2.45) is 5.92 Å². The van der Waals surface area contributed by atoms with Gasteiger partial charge in [-0.2, -0.15) is 0 Å². The Labute approximate surface area is 132 Å². The molecule has 0 aliphatic heterocycles. The maximum Gasteiger partial charge on any atom is 0.192 e. The van der Waals surface area contributed by atoms with E-state index in [-0.39, 0.29) is 11.4 Å². The van der Waals surface area contributed by atoms with Crippen LogP contribution in [0.1, 0.15) is 47.5 Å². The lowest BCUT2D eigenvalue weighted by molar-refractivity contribution is -0.115. The highest BCUT2D eigenvalue weighted by Gasteiger charge is 2.40. The van der Waals surface area contributed by atoms with Crippen LogP contribution >= 0.6 is 22.6 Å². The van der Waals surface area contributed by atoms with Crippen LogP contribution in [0.25, 0.3) is 0 Å². The van der Waals surface area contributed by atoms with Gasteiger partial charge in [0.2, 0.25) is 0 Å². The van der Waals surface area contributed by atoms with Gasteiger partial charge in [0.1, 0.15) is 0 Å². The summed E-state index contributed by atoms with van der Waals surface area (Å²) in [4.78, 5) is 11.6. The number of halogens is 1. The first-order chi connectivity index (χ1) is 8.80. The van der Waals surface area contributed by atoms with Crippen molar-refractivity contribution < 1.29 is 9.22 Å². The monoisotopic (exact) mass is 394 g/mol. The molecule has 0 aromatic carbocycles. The van der Waals surface area contributed by atoms with Gasteiger partial charge in [-0.15, -0.1) is 0 Å². The Bertz CT molecular complexity index is 351. The minimum absolute atomic E-state index is 0.147. The molecule has 1 atom stereocenters. The van der Waals surface area contributed by atoms with Crippen molar-refractivity contribution >= 4 is 36.7 Å². The van der Waals surface area contributed by atoms with E-state index in [4.69, 9.17) is 4.43 Å². The van der Waals surface area contributed by atoms with E-state index in [2.05, 4.69) is 63.3 Å². The molecule has 1 aliphatic rings. The smallest absolute Gasteiger partial charge is 0.192 e. The summed E-state index contributed by atoms with van der Waals surface area (Å²) in [6.45, 7) is 11.2. The fraction of sp³-hybridized carbons (Fsp3) is 0.800. The minimum atomic E-state index is -1.59. The Morgan fingerprint density at radius 3 is 2.26 bits per heavy atom. The zero-order valence-corrected chi connectivity index (χ0v) is 16.0. The Kier molecular flexibility index (Phi) is 6.26. The number of rotatable bonds is 6. The molecule has 0 aromatic heterocycles. The lowest BCUT2D eigenvalue weighted by atomic mass is 9.83. The third kappa shape index (κ3) is 4.14. The van der Waals surface area contributed by atoms with Gasteiger partial charge < -0.3 is 4.43 Å². The molecular formula is C15H27IO2Si. The summed E-state index contributed by atoms with van der Waals surface area (Å²) in [5.41, 5.74) is -0.147. The van der Waals surface area contributed by atoms with Gasteiger partial charge in [0.05, 0.1) is 9.18 Å². The summed E-state index contributed by atoms with van der Waals surface area (Å²) in [5, 5.41) is 0. The molecule has 0 radical (unpaired) electrons. The number of ketones is 1. The molecule has 110 valence electrons. The molecule has 4 heteroatoms. The van der Waals surface area contributed by atoms with Gasteiger partial charge >= 0.3 is 0 Å². The van der Waals surface area contributed by atoms with Gasteiger partial charge in [0.25, 0.3) is 0 Å². The topological polar surface area (TPSA) is 26.3 Å². The Hall–Kier alpha value is 0.317. The molecule has 0 amide bonds. The second-order valence-corrected chi connectivity index (χ2v) is 11.9. The van der Waals surface area contributed by atoms with Crippen molar-refractivity contribution in [3.05, 3.63) is 9.66 Å². The van der Waals surface area contributed by atoms with Crippen molar-refractivity contribution in [1.29, 1.82) is 0 Å². The van der Waals surface area contributed by atoms with Crippen LogP contribution in [0.4, 0.5) is 0 Å². The van der Waals surface area contributed by atoms with Crippen LogP contribution in [0.5, 0.6) is 0 Å². The summed E-state index contributed by atoms with van der Waals surface area (Å²) < 4.78 is 7.57. The maximum absolute atomic E-state index is 11.6. The molecule has 1 rings (SSSR count). The van der Waals surface area contributed by atoms with Gasteiger partial charge in [-0.3, -0.25) is 4.79 Å². The molecule has 0 heterocycles. The molecule has 0 saturated carbocycles. The van der Waals surface area contributed by atoms with E-state index < -0.39 is 8.32 Å². The van der Waals surface area contributed by atoms with E-state index in [0.717, 1.165) is 10.0 Å². The standard InChI is InChI=1S/C15H27IO2Si/c1-6-19(7-2,8-3)18-15(4,5)12-9-10-14(17)13(16)11-12/h11-12H,6-10H2,1-5H3/t12-/m1/s1. The summed E-state index contributed by atoms with van der Waals surface area (Å²) in [6.07, 6.45) is 3.73. The van der Waals surface area contributed by atoms with Gasteiger partial charge in [0, 0.05) is 12.3 Å². The van der Waals surface area contributed by atoms with Crippen LogP contribution in [0.2, 0.25) is 18.1 Å². The number of hydrogen-bond acceptors (Lipinski definition) is 2. The maximum atomic E-state index is 11.6. The fourth-order valence-electron chi connectivity index (χ4n) is 2.91. The lowest BCUT2D eigenvalue weighted by Crippen LogP contribution is -2.48. The van der Waals surface area contributed by atoms with Crippen LogP contribution in [0.15, 0.2) is 9.66 Å². The highest BCUT2D eigenvalue weighted by Crippen LogP contribution is 2.38. The molecule has 0 bridgehead atoms. The molecular weight excluding hydrogens is 367 g/mol. The Balaban J connectivity index is 2.89. The van der Waals surface area contributed by atoms with Gasteiger partial charge in [0.15, 0.2) is 14.1 Å². The largest absolute Gasteiger partial charge is 0.411 e. The van der Waals surface area contributed by atoms with Crippen molar-refractivity contribution in [3.63, 3.8) is 0 Å². The molecule has 0 N–H and O–H groups in total. The number of carbonyl (C=O) groups is 1. The van der Waals surface area contributed by atoms with E-state index in [1.165, 1.54) is 18.1 Å². The van der Waals surface area contributed by atoms with Crippen molar-refractivity contribution in [2.45, 2.75) is 71.2 Å². The minimum Gasteiger partial charge on any atom is -0.411 e. The highest BCUT2D eigenvalue weighted by atomic mass is 127. The summed E-state index contributed by atoms with van der Waals surface area (Å²) >= 11 is 2.17. The van der Waals surface area contributed by atoms with Crippen molar-refractivity contribution in [2.75, 3.05) is 0 Å². The Morgan fingerprint density at radius 2 is 1.84 bits per heavy atom. The zero-order valence-electron chi connectivity index (χ0n) is 12.9. The first kappa shape index (κ1) is 17.4. The second-order valence-electron chi connectivity index (χ2n) is 6.03. The van der Waals surface area contributed by atoms with Crippen molar-refractivity contribution in [1.82, 2.24) is 0 Å². The molecule has 0 spiro atoms. The molecule has 19 heavy (non-hydrogen) atoms. The first-order valence-electron chi connectivity index (χ1n) is 7.41. The second kappa shape index (κ2) is 6.85. The van der Waals surface area contributed by atoms with Crippen LogP contribution in [-0.2, 0) is 9.22 Å². The fourth-order valence-corrected chi connectivity index (χ4v) is 6.81. The van der Waals surface area contributed by atoms with E-state index >= 15 is 0 Å². The van der Waals surface area contributed by atoms with E-state index in [1.54, 1.807) is 0 Å². The highest BCUT2D eigenvalue weighted by molar-refractivity contribution is 14.1. The van der Waals surface area contributed by atoms with Gasteiger partial charge in [-0.1, -0.05) is 26.8 Å². The molecule has 2 nitrogen and oxygen atoms in total. The van der Waals surface area contributed by atoms with Gasteiger partial charge in [-0.25, -0.2) is 0 Å². The van der Waals surface area contributed by atoms with Crippen LogP contribution < -0.4 is 0 Å². The SMILES string of the molecule is CC[Si](CC)(CC)OC(C)(C)[C@H]1C=C(I)C(=O)CC1. The lowest BCUT2D eigenvalue weighted by Gasteiger charge is -2.43. The summed E-state index contributed by atoms with van der Waals surface area (Å²) in [5.74, 6) is 0.659. The summed E-state index contributed by atoms with van der Waals surface area (Å²) in [6, 6.07) is 3.53. The molecule has 0 aromatic rings. The van der Waals surface area contributed by atoms with E-state index in [9.17, 15) is 4.79 Å². The number of allylic oxidation sites excluding steroid dienone is 1. The van der Waals surface area contributed by atoms with Crippen LogP contribution in [0.3, 0.4) is 0 Å². The third-order valence-electron chi connectivity index (χ3n) is 4.60. The molecule has 0 saturated heterocycles.